The monoisotopic (exact) mass is 302 g/mol. The highest BCUT2D eigenvalue weighted by Crippen LogP contribution is 2.10. The quantitative estimate of drug-likeness (QED) is 0.752. The summed E-state index contributed by atoms with van der Waals surface area (Å²) >= 11 is 0. The molecule has 0 saturated heterocycles. The van der Waals surface area contributed by atoms with Crippen LogP contribution in [0.5, 0.6) is 0 Å². The van der Waals surface area contributed by atoms with Crippen molar-refractivity contribution >= 4 is 11.9 Å². The minimum Gasteiger partial charge on any atom is -0.463 e. The number of hydrogen-bond acceptors (Lipinski definition) is 3. The van der Waals surface area contributed by atoms with E-state index in [2.05, 4.69) is 10.6 Å². The second-order valence-electron chi connectivity index (χ2n) is 5.01. The summed E-state index contributed by atoms with van der Waals surface area (Å²) in [6.07, 6.45) is 1.60. The van der Waals surface area contributed by atoms with E-state index in [4.69, 9.17) is 4.42 Å². The molecular weight excluding hydrogens is 282 g/mol. The van der Waals surface area contributed by atoms with Crippen molar-refractivity contribution in [1.29, 1.82) is 0 Å². The lowest BCUT2D eigenvalue weighted by Crippen LogP contribution is -3.09. The van der Waals surface area contributed by atoms with Gasteiger partial charge < -0.3 is 14.6 Å². The number of benzene rings is 1. The number of amides is 3. The normalized spacial score (nSPS) is 13.2. The molecule has 3 amide bonds. The van der Waals surface area contributed by atoms with Gasteiger partial charge in [-0.3, -0.25) is 10.1 Å². The number of likely N-dealkylation sites (N-methyl/N-ethyl adjacent to an activating group) is 1. The van der Waals surface area contributed by atoms with Crippen LogP contribution in [0, 0.1) is 0 Å². The molecule has 0 aliphatic rings. The Balaban J connectivity index is 2.21. The van der Waals surface area contributed by atoms with Crippen LogP contribution in [0.1, 0.15) is 17.4 Å². The summed E-state index contributed by atoms with van der Waals surface area (Å²) in [4.78, 5) is 24.8. The lowest BCUT2D eigenvalue weighted by Gasteiger charge is -2.23. The zero-order chi connectivity index (χ0) is 15.9. The van der Waals surface area contributed by atoms with Crippen molar-refractivity contribution in [2.45, 2.75) is 12.6 Å². The molecule has 0 spiro atoms. The molecule has 1 heterocycles. The van der Waals surface area contributed by atoms with E-state index in [0.29, 0.717) is 6.54 Å². The van der Waals surface area contributed by atoms with Crippen molar-refractivity contribution in [2.24, 2.45) is 0 Å². The molecule has 0 aliphatic heterocycles. The van der Waals surface area contributed by atoms with Crippen molar-refractivity contribution in [3.05, 3.63) is 60.1 Å². The molecule has 0 fully saturated rings. The first-order valence-corrected chi connectivity index (χ1v) is 7.04. The Morgan fingerprint density at radius 2 is 1.91 bits per heavy atom. The van der Waals surface area contributed by atoms with Crippen LogP contribution in [0.25, 0.3) is 0 Å². The summed E-state index contributed by atoms with van der Waals surface area (Å²) in [5, 5.41) is 4.74. The number of quaternary nitrogens is 1. The number of rotatable bonds is 5. The van der Waals surface area contributed by atoms with Gasteiger partial charge in [0.15, 0.2) is 11.8 Å². The van der Waals surface area contributed by atoms with Crippen LogP contribution in [0.2, 0.25) is 0 Å². The zero-order valence-corrected chi connectivity index (χ0v) is 12.6. The Morgan fingerprint density at radius 1 is 1.18 bits per heavy atom. The molecule has 0 saturated carbocycles. The maximum atomic E-state index is 12.5. The van der Waals surface area contributed by atoms with Crippen LogP contribution in [0.15, 0.2) is 53.1 Å². The molecule has 2 atom stereocenters. The summed E-state index contributed by atoms with van der Waals surface area (Å²) in [5.41, 5.74) is 0.841. The van der Waals surface area contributed by atoms with E-state index in [-0.39, 0.29) is 5.91 Å². The largest absolute Gasteiger partial charge is 0.463 e. The lowest BCUT2D eigenvalue weighted by atomic mass is 10.0. The SMILES string of the molecule is CNC(=O)NC(=O)[C@@H](c1ccccc1)[NH+](C)Cc1ccco1. The van der Waals surface area contributed by atoms with Gasteiger partial charge in [-0.15, -0.1) is 0 Å². The maximum absolute atomic E-state index is 12.5. The highest BCUT2D eigenvalue weighted by atomic mass is 16.3. The van der Waals surface area contributed by atoms with Gasteiger partial charge in [-0.05, 0) is 12.1 Å². The van der Waals surface area contributed by atoms with Crippen molar-refractivity contribution in [1.82, 2.24) is 10.6 Å². The molecule has 1 unspecified atom stereocenters. The molecule has 3 N–H and O–H groups in total. The number of carbonyl (C=O) groups excluding carboxylic acids is 2. The summed E-state index contributed by atoms with van der Waals surface area (Å²) in [6.45, 7) is 0.535. The highest BCUT2D eigenvalue weighted by Gasteiger charge is 2.30. The van der Waals surface area contributed by atoms with Gasteiger partial charge in [-0.2, -0.15) is 0 Å². The van der Waals surface area contributed by atoms with Crippen LogP contribution in [-0.4, -0.2) is 26.0 Å². The van der Waals surface area contributed by atoms with Gasteiger partial charge >= 0.3 is 6.03 Å². The molecule has 1 aromatic carbocycles. The predicted octanol–water partition coefficient (Wildman–Crippen LogP) is 0.491. The lowest BCUT2D eigenvalue weighted by molar-refractivity contribution is -0.917. The molecule has 22 heavy (non-hydrogen) atoms. The Hall–Kier alpha value is -2.60. The van der Waals surface area contributed by atoms with Gasteiger partial charge in [0.05, 0.1) is 13.3 Å². The third-order valence-electron chi connectivity index (χ3n) is 3.38. The Bertz CT molecular complexity index is 611. The molecule has 0 radical (unpaired) electrons. The molecule has 2 aromatic rings. The zero-order valence-electron chi connectivity index (χ0n) is 12.6. The first-order valence-electron chi connectivity index (χ1n) is 7.04. The summed E-state index contributed by atoms with van der Waals surface area (Å²) in [6, 6.07) is 12.0. The van der Waals surface area contributed by atoms with Gasteiger partial charge in [0.1, 0.15) is 6.54 Å². The highest BCUT2D eigenvalue weighted by molar-refractivity contribution is 5.96. The van der Waals surface area contributed by atoms with E-state index >= 15 is 0 Å². The number of urea groups is 1. The Labute approximate surface area is 129 Å². The number of carbonyl (C=O) groups is 2. The number of hydrogen-bond donors (Lipinski definition) is 3. The molecule has 6 heteroatoms. The summed E-state index contributed by atoms with van der Waals surface area (Å²) < 4.78 is 5.34. The van der Waals surface area contributed by atoms with Crippen molar-refractivity contribution < 1.29 is 18.9 Å². The van der Waals surface area contributed by atoms with E-state index in [1.165, 1.54) is 7.05 Å². The Kier molecular flexibility index (Phi) is 5.32. The second-order valence-corrected chi connectivity index (χ2v) is 5.01. The number of nitrogens with one attached hydrogen (secondary N) is 3. The van der Waals surface area contributed by atoms with Crippen LogP contribution in [-0.2, 0) is 11.3 Å². The number of furan rings is 1. The molecular formula is C16H20N3O3+. The van der Waals surface area contributed by atoms with Crippen molar-refractivity contribution in [3.8, 4) is 0 Å². The molecule has 0 aliphatic carbocycles. The summed E-state index contributed by atoms with van der Waals surface area (Å²) in [5.74, 6) is 0.431. The predicted molar refractivity (Wildman–Crippen MR) is 81.1 cm³/mol. The van der Waals surface area contributed by atoms with Gasteiger partial charge in [-0.1, -0.05) is 30.3 Å². The van der Waals surface area contributed by atoms with Gasteiger partial charge in [-0.25, -0.2) is 4.79 Å². The summed E-state index contributed by atoms with van der Waals surface area (Å²) in [7, 11) is 3.36. The second kappa shape index (κ2) is 7.42. The molecule has 2 rings (SSSR count). The third kappa shape index (κ3) is 3.95. The first kappa shape index (κ1) is 15.8. The number of imide groups is 1. The van der Waals surface area contributed by atoms with Gasteiger partial charge in [0.25, 0.3) is 5.91 Å². The fourth-order valence-corrected chi connectivity index (χ4v) is 2.34. The van der Waals surface area contributed by atoms with E-state index in [1.807, 2.05) is 49.5 Å². The van der Waals surface area contributed by atoms with E-state index in [0.717, 1.165) is 16.2 Å². The van der Waals surface area contributed by atoms with E-state index in [1.54, 1.807) is 6.26 Å². The average molecular weight is 302 g/mol. The molecule has 1 aromatic heterocycles. The van der Waals surface area contributed by atoms with Crippen LogP contribution >= 0.6 is 0 Å². The topological polar surface area (TPSA) is 75.8 Å². The van der Waals surface area contributed by atoms with E-state index < -0.39 is 12.1 Å². The maximum Gasteiger partial charge on any atom is 0.321 e. The van der Waals surface area contributed by atoms with Gasteiger partial charge in [0, 0.05) is 12.6 Å². The first-order chi connectivity index (χ1) is 10.6. The molecule has 6 nitrogen and oxygen atoms in total. The van der Waals surface area contributed by atoms with Crippen LogP contribution in [0.4, 0.5) is 4.79 Å². The smallest absolute Gasteiger partial charge is 0.321 e. The molecule has 116 valence electrons. The third-order valence-corrected chi connectivity index (χ3v) is 3.38. The average Bonchev–Trinajstić information content (AvgIpc) is 3.01. The minimum absolute atomic E-state index is 0.352. The van der Waals surface area contributed by atoms with Crippen molar-refractivity contribution in [3.63, 3.8) is 0 Å². The van der Waals surface area contributed by atoms with Crippen LogP contribution < -0.4 is 15.5 Å². The minimum atomic E-state index is -0.517. The fourth-order valence-electron chi connectivity index (χ4n) is 2.34. The van der Waals surface area contributed by atoms with Gasteiger partial charge in [0.2, 0.25) is 0 Å². The fraction of sp³-hybridized carbons (Fsp3) is 0.250. The standard InChI is InChI=1S/C16H19N3O3/c1-17-16(21)18-15(20)14(12-7-4-3-5-8-12)19(2)11-13-9-6-10-22-13/h3-10,14H,11H2,1-2H3,(H2,17,18,20,21)/p+1/t14-/m1/s1. The van der Waals surface area contributed by atoms with E-state index in [9.17, 15) is 9.59 Å². The molecule has 0 bridgehead atoms. The van der Waals surface area contributed by atoms with Crippen molar-refractivity contribution in [2.75, 3.05) is 14.1 Å². The Morgan fingerprint density at radius 3 is 2.50 bits per heavy atom. The van der Waals surface area contributed by atoms with Crippen LogP contribution in [0.3, 0.4) is 0 Å².